The molecule has 0 radical (unpaired) electrons. The number of hydrogen-bond acceptors (Lipinski definition) is 3. The molecule has 3 nitrogen and oxygen atoms in total. The molecule has 1 N–H and O–H groups in total. The molecule has 1 fully saturated rings. The van der Waals surface area contributed by atoms with Gasteiger partial charge in [-0.3, -0.25) is 0 Å². The molecular formula is C11H16N2OS. The number of hydrogen-bond donors (Lipinski definition) is 1. The van der Waals surface area contributed by atoms with Crippen LogP contribution in [0.15, 0.2) is 16.1 Å². The third-order valence-electron chi connectivity index (χ3n) is 3.14. The van der Waals surface area contributed by atoms with Crippen molar-refractivity contribution in [3.8, 4) is 0 Å². The molecule has 82 valence electrons. The van der Waals surface area contributed by atoms with Crippen molar-refractivity contribution in [1.29, 1.82) is 0 Å². The summed E-state index contributed by atoms with van der Waals surface area (Å²) < 4.78 is 5.37. The summed E-state index contributed by atoms with van der Waals surface area (Å²) in [5.74, 6) is 1.62. The zero-order chi connectivity index (χ0) is 11.2. The number of rotatable bonds is 2. The average molecular weight is 224 g/mol. The van der Waals surface area contributed by atoms with Gasteiger partial charge in [-0.05, 0) is 37.4 Å². The van der Waals surface area contributed by atoms with Crippen LogP contribution in [0.1, 0.15) is 39.5 Å². The van der Waals surface area contributed by atoms with Crippen molar-refractivity contribution < 1.29 is 4.42 Å². The first-order valence-corrected chi connectivity index (χ1v) is 5.54. The smallest absolute Gasteiger partial charge is 0.284 e. The monoisotopic (exact) mass is 224 g/mol. The highest BCUT2D eigenvalue weighted by atomic mass is 32.1. The minimum atomic E-state index is 0.234. The van der Waals surface area contributed by atoms with Gasteiger partial charge in [0.15, 0.2) is 0 Å². The molecule has 4 heteroatoms. The Morgan fingerprint density at radius 3 is 2.67 bits per heavy atom. The van der Waals surface area contributed by atoms with E-state index in [4.69, 9.17) is 16.6 Å². The topological polar surface area (TPSA) is 41.8 Å². The van der Waals surface area contributed by atoms with E-state index in [2.05, 4.69) is 44.0 Å². The zero-order valence-corrected chi connectivity index (χ0v) is 10.3. The Morgan fingerprint density at radius 2 is 2.20 bits per heavy atom. The fraction of sp³-hybridized carbons (Fsp3) is 0.636. The van der Waals surface area contributed by atoms with Gasteiger partial charge in [-0.25, -0.2) is 5.10 Å². The highest BCUT2D eigenvalue weighted by molar-refractivity contribution is 7.71. The Morgan fingerprint density at radius 1 is 1.53 bits per heavy atom. The predicted molar refractivity (Wildman–Crippen MR) is 61.1 cm³/mol. The first-order chi connectivity index (χ1) is 6.93. The van der Waals surface area contributed by atoms with Crippen molar-refractivity contribution >= 4 is 12.2 Å². The molecule has 1 aromatic heterocycles. The normalized spacial score (nSPS) is 27.5. The summed E-state index contributed by atoms with van der Waals surface area (Å²) in [6.07, 6.45) is 2.29. The van der Waals surface area contributed by atoms with Gasteiger partial charge >= 0.3 is 0 Å². The van der Waals surface area contributed by atoms with Crippen LogP contribution in [0.2, 0.25) is 0 Å². The second kappa shape index (κ2) is 3.30. The molecule has 0 bridgehead atoms. The van der Waals surface area contributed by atoms with Crippen LogP contribution in [-0.2, 0) is 0 Å². The number of nitrogens with one attached hydrogen (secondary N) is 1. The van der Waals surface area contributed by atoms with Crippen LogP contribution < -0.4 is 0 Å². The van der Waals surface area contributed by atoms with Crippen molar-refractivity contribution in [3.63, 3.8) is 0 Å². The Hall–Kier alpha value is -0.900. The number of aromatic nitrogens is 2. The lowest BCUT2D eigenvalue weighted by molar-refractivity contribution is 0.457. The fourth-order valence-electron chi connectivity index (χ4n) is 2.19. The van der Waals surface area contributed by atoms with E-state index in [1.165, 1.54) is 5.57 Å². The van der Waals surface area contributed by atoms with E-state index >= 15 is 0 Å². The molecule has 2 rings (SSSR count). The number of allylic oxidation sites excluding steroid dienone is 2. The molecule has 0 aliphatic heterocycles. The maximum atomic E-state index is 5.37. The van der Waals surface area contributed by atoms with Crippen molar-refractivity contribution in [2.45, 2.75) is 33.6 Å². The maximum absolute atomic E-state index is 5.37. The average Bonchev–Trinajstić information content (AvgIpc) is 2.47. The van der Waals surface area contributed by atoms with Gasteiger partial charge in [0.05, 0.1) is 0 Å². The fourth-order valence-corrected chi connectivity index (χ4v) is 2.32. The Bertz CT molecular complexity index is 451. The van der Waals surface area contributed by atoms with Crippen LogP contribution in [0.5, 0.6) is 0 Å². The van der Waals surface area contributed by atoms with Crippen LogP contribution in [0.4, 0.5) is 0 Å². The van der Waals surface area contributed by atoms with E-state index in [9.17, 15) is 0 Å². The molecule has 15 heavy (non-hydrogen) atoms. The molecule has 0 aromatic carbocycles. The van der Waals surface area contributed by atoms with Crippen LogP contribution in [0.3, 0.4) is 0 Å². The SMILES string of the molecule is CC(C)=C[C@@H]1[C@@H](c2n[nH]c(=S)o2)C1(C)C. The summed E-state index contributed by atoms with van der Waals surface area (Å²) in [5.41, 5.74) is 1.57. The van der Waals surface area contributed by atoms with Gasteiger partial charge in [-0.2, -0.15) is 0 Å². The Kier molecular flexibility index (Phi) is 2.34. The first-order valence-electron chi connectivity index (χ1n) is 5.13. The highest BCUT2D eigenvalue weighted by Gasteiger charge is 2.59. The standard InChI is InChI=1S/C11H16N2OS/c1-6(2)5-7-8(11(7,3)4)9-12-13-10(15)14-9/h5,7-8H,1-4H3,(H,13,15)/t7-,8+/m1/s1. The quantitative estimate of drug-likeness (QED) is 0.618. The van der Waals surface area contributed by atoms with E-state index in [1.807, 2.05) is 0 Å². The summed E-state index contributed by atoms with van der Waals surface area (Å²) >= 11 is 4.88. The summed E-state index contributed by atoms with van der Waals surface area (Å²) in [5, 5.41) is 6.78. The molecule has 1 aliphatic carbocycles. The second-order valence-electron chi connectivity index (χ2n) is 5.02. The number of H-pyrrole nitrogens is 1. The summed E-state index contributed by atoms with van der Waals surface area (Å²) in [6.45, 7) is 8.70. The molecule has 0 unspecified atom stereocenters. The van der Waals surface area contributed by atoms with Gasteiger partial charge in [0.1, 0.15) is 0 Å². The van der Waals surface area contributed by atoms with Crippen molar-refractivity contribution in [2.24, 2.45) is 11.3 Å². The largest absolute Gasteiger partial charge is 0.414 e. The Labute approximate surface area is 94.6 Å². The minimum absolute atomic E-state index is 0.234. The summed E-state index contributed by atoms with van der Waals surface area (Å²) in [7, 11) is 0. The lowest BCUT2D eigenvalue weighted by atomic mass is 10.1. The molecular weight excluding hydrogens is 208 g/mol. The van der Waals surface area contributed by atoms with Crippen LogP contribution >= 0.6 is 12.2 Å². The first kappa shape index (κ1) is 10.6. The van der Waals surface area contributed by atoms with E-state index in [-0.39, 0.29) is 5.41 Å². The van der Waals surface area contributed by atoms with E-state index in [0.717, 1.165) is 5.89 Å². The van der Waals surface area contributed by atoms with Crippen LogP contribution in [0, 0.1) is 16.2 Å². The summed E-state index contributed by atoms with van der Waals surface area (Å²) in [6, 6.07) is 0. The summed E-state index contributed by atoms with van der Waals surface area (Å²) in [4.78, 5) is 0.364. The lowest BCUT2D eigenvalue weighted by Crippen LogP contribution is -1.90. The molecule has 0 amide bonds. The molecule has 1 aliphatic rings. The zero-order valence-electron chi connectivity index (χ0n) is 9.50. The molecule has 0 saturated heterocycles. The van der Waals surface area contributed by atoms with E-state index in [0.29, 0.717) is 16.7 Å². The lowest BCUT2D eigenvalue weighted by Gasteiger charge is -1.97. The van der Waals surface area contributed by atoms with Gasteiger partial charge in [-0.15, -0.1) is 5.10 Å². The van der Waals surface area contributed by atoms with Gasteiger partial charge in [0, 0.05) is 5.92 Å². The molecule has 1 heterocycles. The van der Waals surface area contributed by atoms with E-state index < -0.39 is 0 Å². The van der Waals surface area contributed by atoms with Crippen LogP contribution in [-0.4, -0.2) is 10.2 Å². The molecule has 1 aromatic rings. The molecule has 0 spiro atoms. The number of aromatic amines is 1. The highest BCUT2D eigenvalue weighted by Crippen LogP contribution is 2.64. The Balaban J connectivity index is 2.27. The van der Waals surface area contributed by atoms with Crippen molar-refractivity contribution in [3.05, 3.63) is 22.4 Å². The third-order valence-corrected chi connectivity index (χ3v) is 3.32. The van der Waals surface area contributed by atoms with Gasteiger partial charge in [0.2, 0.25) is 5.89 Å². The number of nitrogens with zero attached hydrogens (tertiary/aromatic N) is 1. The van der Waals surface area contributed by atoms with Gasteiger partial charge < -0.3 is 4.42 Å². The predicted octanol–water partition coefficient (Wildman–Crippen LogP) is 3.44. The van der Waals surface area contributed by atoms with Crippen molar-refractivity contribution in [1.82, 2.24) is 10.2 Å². The molecule has 2 atom stereocenters. The maximum Gasteiger partial charge on any atom is 0.284 e. The van der Waals surface area contributed by atoms with Gasteiger partial charge in [0.25, 0.3) is 4.84 Å². The van der Waals surface area contributed by atoms with Gasteiger partial charge in [-0.1, -0.05) is 25.5 Å². The second-order valence-corrected chi connectivity index (χ2v) is 5.39. The third kappa shape index (κ3) is 1.78. The minimum Gasteiger partial charge on any atom is -0.414 e. The van der Waals surface area contributed by atoms with E-state index in [1.54, 1.807) is 0 Å². The van der Waals surface area contributed by atoms with Crippen LogP contribution in [0.25, 0.3) is 0 Å². The van der Waals surface area contributed by atoms with Crippen molar-refractivity contribution in [2.75, 3.05) is 0 Å². The molecule has 1 saturated carbocycles.